The molecule has 3 aliphatic carbocycles. The van der Waals surface area contributed by atoms with Crippen molar-refractivity contribution in [2.45, 2.75) is 49.5 Å². The summed E-state index contributed by atoms with van der Waals surface area (Å²) >= 11 is 0. The van der Waals surface area contributed by atoms with E-state index < -0.39 is 0 Å². The molecule has 0 amide bonds. The van der Waals surface area contributed by atoms with Gasteiger partial charge < -0.3 is 4.90 Å². The molecule has 5 aromatic carbocycles. The fraction of sp³-hybridized carbons (Fsp3) is 0.170. The summed E-state index contributed by atoms with van der Waals surface area (Å²) in [5, 5.41) is 2.70. The van der Waals surface area contributed by atoms with E-state index in [0.717, 1.165) is 60.0 Å². The van der Waals surface area contributed by atoms with Gasteiger partial charge in [0.2, 0.25) is 0 Å². The van der Waals surface area contributed by atoms with E-state index in [0.29, 0.717) is 5.92 Å². The first-order valence-corrected chi connectivity index (χ1v) is 18.3. The van der Waals surface area contributed by atoms with Crippen molar-refractivity contribution in [1.29, 1.82) is 0 Å². The normalized spacial score (nSPS) is 21.5. The smallest absolute Gasteiger partial charge is 0.163 e. The highest BCUT2D eigenvalue weighted by molar-refractivity contribution is 5.99. The van der Waals surface area contributed by atoms with Crippen LogP contribution in [0.1, 0.15) is 71.5 Å². The lowest BCUT2D eigenvalue weighted by atomic mass is 9.78. The summed E-state index contributed by atoms with van der Waals surface area (Å²) in [6.07, 6.45) is 22.6. The van der Waals surface area contributed by atoms with Crippen LogP contribution in [0.5, 0.6) is 0 Å². The van der Waals surface area contributed by atoms with Gasteiger partial charge in [0.25, 0.3) is 0 Å². The van der Waals surface area contributed by atoms with E-state index in [4.69, 9.17) is 15.0 Å². The van der Waals surface area contributed by atoms with Crippen molar-refractivity contribution in [3.8, 4) is 22.8 Å². The topological polar surface area (TPSA) is 41.9 Å². The number of hydrogen-bond donors (Lipinski definition) is 0. The molecule has 0 saturated heterocycles. The van der Waals surface area contributed by atoms with Crippen LogP contribution in [-0.2, 0) is 0 Å². The van der Waals surface area contributed by atoms with E-state index in [1.54, 1.807) is 0 Å². The summed E-state index contributed by atoms with van der Waals surface area (Å²) in [6.45, 7) is 0. The van der Waals surface area contributed by atoms with Crippen LogP contribution >= 0.6 is 0 Å². The van der Waals surface area contributed by atoms with Crippen molar-refractivity contribution < 1.29 is 0 Å². The number of hydrogen-bond acceptors (Lipinski definition) is 4. The molecule has 246 valence electrons. The molecule has 51 heavy (non-hydrogen) atoms. The minimum Gasteiger partial charge on any atom is -0.333 e. The third-order valence-electron chi connectivity index (χ3n) is 11.1. The van der Waals surface area contributed by atoms with Crippen molar-refractivity contribution in [3.63, 3.8) is 0 Å². The largest absolute Gasteiger partial charge is 0.333 e. The van der Waals surface area contributed by atoms with E-state index in [1.165, 1.54) is 38.7 Å². The molecule has 0 spiro atoms. The Balaban J connectivity index is 1.16. The molecule has 2 heterocycles. The number of fused-ring (bicyclic) bond motifs is 7. The average Bonchev–Trinajstić information content (AvgIpc) is 3.56. The highest BCUT2D eigenvalue weighted by Crippen LogP contribution is 2.55. The van der Waals surface area contributed by atoms with Crippen molar-refractivity contribution in [1.82, 2.24) is 15.0 Å². The summed E-state index contributed by atoms with van der Waals surface area (Å²) in [4.78, 5) is 17.9. The third kappa shape index (κ3) is 5.17. The summed E-state index contributed by atoms with van der Waals surface area (Å²) < 4.78 is 0. The fourth-order valence-electron chi connectivity index (χ4n) is 8.76. The lowest BCUT2D eigenvalue weighted by molar-refractivity contribution is 0.623. The van der Waals surface area contributed by atoms with Gasteiger partial charge in [-0.3, -0.25) is 0 Å². The summed E-state index contributed by atoms with van der Waals surface area (Å²) in [5.74, 6) is 3.03. The first kappa shape index (κ1) is 30.0. The number of rotatable bonds is 5. The molecule has 0 saturated carbocycles. The number of anilines is 2. The standard InChI is InChI=1S/C47H38N4/c1-4-15-31(16-5-1)40-30-42-44(39-26-13-12-25-38(39)40)43-37-24-11-10-17-32(37)27-28-41(43)51(42)36-23-14-22-35(29-36)47-49-45(33-18-6-2-7-19-33)48-46(50-47)34-20-8-3-9-21-34/h1-2,4-8,10-15,17-20,22-31,34,41,43H,3,9,16,21H2. The Kier molecular flexibility index (Phi) is 7.34. The minimum absolute atomic E-state index is 0.131. The molecule has 10 rings (SSSR count). The second-order valence-corrected chi connectivity index (χ2v) is 14.1. The van der Waals surface area contributed by atoms with Crippen LogP contribution in [0.25, 0.3) is 39.6 Å². The Bertz CT molecular complexity index is 2420. The quantitative estimate of drug-likeness (QED) is 0.173. The van der Waals surface area contributed by atoms with Gasteiger partial charge in [0.05, 0.1) is 6.04 Å². The predicted octanol–water partition coefficient (Wildman–Crippen LogP) is 11.5. The Labute approximate surface area is 299 Å². The van der Waals surface area contributed by atoms with Crippen LogP contribution in [0.3, 0.4) is 0 Å². The van der Waals surface area contributed by atoms with E-state index in [9.17, 15) is 0 Å². The van der Waals surface area contributed by atoms with Crippen LogP contribution in [0.15, 0.2) is 152 Å². The molecule has 4 heteroatoms. The predicted molar refractivity (Wildman–Crippen MR) is 209 cm³/mol. The van der Waals surface area contributed by atoms with Gasteiger partial charge in [-0.1, -0.05) is 140 Å². The van der Waals surface area contributed by atoms with Crippen molar-refractivity contribution in [2.75, 3.05) is 4.90 Å². The molecule has 1 aromatic heterocycles. The van der Waals surface area contributed by atoms with Crippen LogP contribution in [0, 0.1) is 0 Å². The second kappa shape index (κ2) is 12.5. The van der Waals surface area contributed by atoms with E-state index in [2.05, 4.69) is 145 Å². The molecule has 4 aliphatic rings. The zero-order valence-electron chi connectivity index (χ0n) is 28.4. The molecular formula is C47H38N4. The first-order valence-electron chi connectivity index (χ1n) is 18.3. The molecule has 6 aromatic rings. The fourth-order valence-corrected chi connectivity index (χ4v) is 8.76. The summed E-state index contributed by atoms with van der Waals surface area (Å²) in [6, 6.07) is 39.8. The Morgan fingerprint density at radius 2 is 1.41 bits per heavy atom. The molecule has 4 unspecified atom stereocenters. The van der Waals surface area contributed by atoms with Gasteiger partial charge >= 0.3 is 0 Å². The van der Waals surface area contributed by atoms with E-state index >= 15 is 0 Å². The monoisotopic (exact) mass is 658 g/mol. The average molecular weight is 659 g/mol. The summed E-state index contributed by atoms with van der Waals surface area (Å²) in [5.41, 5.74) is 9.92. The molecule has 0 radical (unpaired) electrons. The first-order chi connectivity index (χ1) is 25.3. The number of aromatic nitrogens is 3. The Hall–Kier alpha value is -5.87. The van der Waals surface area contributed by atoms with Crippen molar-refractivity contribution >= 4 is 28.2 Å². The molecular weight excluding hydrogens is 621 g/mol. The number of benzene rings is 5. The van der Waals surface area contributed by atoms with E-state index in [-0.39, 0.29) is 17.9 Å². The number of nitrogens with zero attached hydrogens (tertiary/aromatic N) is 4. The maximum atomic E-state index is 5.17. The van der Waals surface area contributed by atoms with Gasteiger partial charge in [-0.2, -0.15) is 0 Å². The second-order valence-electron chi connectivity index (χ2n) is 14.1. The molecule has 4 atom stereocenters. The van der Waals surface area contributed by atoms with Gasteiger partial charge in [-0.05, 0) is 76.9 Å². The van der Waals surface area contributed by atoms with Gasteiger partial charge in [0, 0.05) is 40.3 Å². The maximum Gasteiger partial charge on any atom is 0.163 e. The molecule has 0 fully saturated rings. The van der Waals surface area contributed by atoms with Gasteiger partial charge in [-0.15, -0.1) is 0 Å². The molecule has 0 bridgehead atoms. The highest BCUT2D eigenvalue weighted by atomic mass is 15.2. The third-order valence-corrected chi connectivity index (χ3v) is 11.1. The van der Waals surface area contributed by atoms with Gasteiger partial charge in [0.15, 0.2) is 11.6 Å². The van der Waals surface area contributed by atoms with Gasteiger partial charge in [0.1, 0.15) is 5.82 Å². The maximum absolute atomic E-state index is 5.17. The Morgan fingerprint density at radius 1 is 0.608 bits per heavy atom. The highest BCUT2D eigenvalue weighted by Gasteiger charge is 2.43. The van der Waals surface area contributed by atoms with Crippen LogP contribution in [-0.4, -0.2) is 21.0 Å². The minimum atomic E-state index is 0.131. The molecule has 0 N–H and O–H groups in total. The molecule has 1 aliphatic heterocycles. The molecule has 4 nitrogen and oxygen atoms in total. The lowest BCUT2D eigenvalue weighted by Gasteiger charge is -2.32. The summed E-state index contributed by atoms with van der Waals surface area (Å²) in [7, 11) is 0. The van der Waals surface area contributed by atoms with Gasteiger partial charge in [-0.25, -0.2) is 15.0 Å². The van der Waals surface area contributed by atoms with Crippen LogP contribution < -0.4 is 4.90 Å². The zero-order chi connectivity index (χ0) is 33.7. The SMILES string of the molecule is C1=CCC(c2cc3c(c4ccccc24)C2c4ccccc4C=CC2N3c2cccc(-c3nc(-c4ccccc4)nc(C4C=CCCC4)n3)c2)C=C1. The van der Waals surface area contributed by atoms with Crippen molar-refractivity contribution in [2.24, 2.45) is 0 Å². The van der Waals surface area contributed by atoms with Crippen LogP contribution in [0.4, 0.5) is 11.4 Å². The number of allylic oxidation sites excluding steroid dienone is 6. The van der Waals surface area contributed by atoms with Crippen molar-refractivity contribution in [3.05, 3.63) is 180 Å². The zero-order valence-corrected chi connectivity index (χ0v) is 28.4. The van der Waals surface area contributed by atoms with E-state index in [1.807, 2.05) is 18.2 Å². The van der Waals surface area contributed by atoms with Crippen LogP contribution in [0.2, 0.25) is 0 Å². The Morgan fingerprint density at radius 3 is 2.25 bits per heavy atom. The lowest BCUT2D eigenvalue weighted by Crippen LogP contribution is -2.30.